The SMILES string of the molecule is CN/C=C(\C=N)c1nc(C=O)cc(-c2ccc(OC(F)(F)F)cc2)n1. The lowest BCUT2D eigenvalue weighted by molar-refractivity contribution is -0.274. The van der Waals surface area contributed by atoms with E-state index in [0.29, 0.717) is 23.1 Å². The van der Waals surface area contributed by atoms with E-state index in [1.165, 1.54) is 24.4 Å². The predicted molar refractivity (Wildman–Crippen MR) is 85.4 cm³/mol. The fourth-order valence-corrected chi connectivity index (χ4v) is 1.96. The van der Waals surface area contributed by atoms with E-state index in [-0.39, 0.29) is 17.3 Å². The third-order valence-corrected chi connectivity index (χ3v) is 2.96. The van der Waals surface area contributed by atoms with Crippen LogP contribution in [0, 0.1) is 5.41 Å². The van der Waals surface area contributed by atoms with Crippen molar-refractivity contribution in [1.29, 1.82) is 5.41 Å². The highest BCUT2D eigenvalue weighted by atomic mass is 19.4. The zero-order valence-corrected chi connectivity index (χ0v) is 13.0. The third kappa shape index (κ3) is 4.87. The normalized spacial score (nSPS) is 11.8. The highest BCUT2D eigenvalue weighted by Crippen LogP contribution is 2.26. The zero-order valence-electron chi connectivity index (χ0n) is 13.0. The number of carbonyl (C=O) groups excluding carboxylic acids is 1. The average molecular weight is 350 g/mol. The van der Waals surface area contributed by atoms with Crippen molar-refractivity contribution in [2.24, 2.45) is 0 Å². The maximum Gasteiger partial charge on any atom is 0.573 e. The standard InChI is InChI=1S/C16H13F3N4O2/c1-21-8-11(7-20)15-22-12(9-24)6-14(23-15)10-2-4-13(5-3-10)25-16(17,18)19/h2-9,20-21H,1H3/b11-8+,20-7?. The van der Waals surface area contributed by atoms with E-state index < -0.39 is 6.36 Å². The summed E-state index contributed by atoms with van der Waals surface area (Å²) >= 11 is 0. The lowest BCUT2D eigenvalue weighted by Gasteiger charge is -2.10. The molecule has 0 aliphatic carbocycles. The largest absolute Gasteiger partial charge is 0.573 e. The van der Waals surface area contributed by atoms with Gasteiger partial charge in [-0.3, -0.25) is 4.79 Å². The lowest BCUT2D eigenvalue weighted by atomic mass is 10.1. The monoisotopic (exact) mass is 350 g/mol. The van der Waals surface area contributed by atoms with Gasteiger partial charge in [-0.25, -0.2) is 9.97 Å². The fourth-order valence-electron chi connectivity index (χ4n) is 1.96. The van der Waals surface area contributed by atoms with Gasteiger partial charge in [-0.2, -0.15) is 0 Å². The Morgan fingerprint density at radius 3 is 2.44 bits per heavy atom. The Bertz CT molecular complexity index is 802. The second kappa shape index (κ2) is 7.56. The maximum atomic E-state index is 12.2. The van der Waals surface area contributed by atoms with Crippen LogP contribution in [-0.2, 0) is 0 Å². The molecular formula is C16H13F3N4O2. The summed E-state index contributed by atoms with van der Waals surface area (Å²) in [5, 5.41) is 10.1. The molecule has 0 aliphatic heterocycles. The minimum Gasteiger partial charge on any atom is -0.406 e. The van der Waals surface area contributed by atoms with Gasteiger partial charge in [0.05, 0.1) is 11.3 Å². The lowest BCUT2D eigenvalue weighted by Crippen LogP contribution is -2.16. The number of carbonyl (C=O) groups is 1. The van der Waals surface area contributed by atoms with Crippen LogP contribution in [0.25, 0.3) is 16.8 Å². The molecule has 0 unspecified atom stereocenters. The molecule has 0 fully saturated rings. The molecule has 1 aromatic carbocycles. The number of aromatic nitrogens is 2. The molecule has 0 saturated heterocycles. The summed E-state index contributed by atoms with van der Waals surface area (Å²) in [7, 11) is 1.63. The van der Waals surface area contributed by atoms with Crippen LogP contribution in [-0.4, -0.2) is 35.9 Å². The van der Waals surface area contributed by atoms with Crippen molar-refractivity contribution in [2.45, 2.75) is 6.36 Å². The van der Waals surface area contributed by atoms with Crippen molar-refractivity contribution < 1.29 is 22.7 Å². The summed E-state index contributed by atoms with van der Waals surface area (Å²) in [4.78, 5) is 19.4. The number of aldehydes is 1. The summed E-state index contributed by atoms with van der Waals surface area (Å²) in [6.45, 7) is 0. The Morgan fingerprint density at radius 2 is 1.92 bits per heavy atom. The predicted octanol–water partition coefficient (Wildman–Crippen LogP) is 3.06. The van der Waals surface area contributed by atoms with Crippen LogP contribution in [0.4, 0.5) is 13.2 Å². The van der Waals surface area contributed by atoms with Crippen LogP contribution in [0.15, 0.2) is 36.5 Å². The smallest absolute Gasteiger partial charge is 0.406 e. The summed E-state index contributed by atoms with van der Waals surface area (Å²) in [6.07, 6.45) is -1.74. The number of hydrogen-bond donors (Lipinski definition) is 2. The maximum absolute atomic E-state index is 12.2. The number of hydrogen-bond acceptors (Lipinski definition) is 6. The van der Waals surface area contributed by atoms with Crippen molar-refractivity contribution >= 4 is 18.1 Å². The van der Waals surface area contributed by atoms with E-state index in [4.69, 9.17) is 5.41 Å². The summed E-state index contributed by atoms with van der Waals surface area (Å²) < 4.78 is 40.4. The van der Waals surface area contributed by atoms with Gasteiger partial charge >= 0.3 is 6.36 Å². The highest BCUT2D eigenvalue weighted by molar-refractivity contribution is 6.06. The topological polar surface area (TPSA) is 88.0 Å². The van der Waals surface area contributed by atoms with Crippen molar-refractivity contribution in [3.05, 3.63) is 48.1 Å². The average Bonchev–Trinajstić information content (AvgIpc) is 2.58. The molecule has 0 amide bonds. The molecular weight excluding hydrogens is 337 g/mol. The number of nitrogens with zero attached hydrogens (tertiary/aromatic N) is 2. The van der Waals surface area contributed by atoms with Gasteiger partial charge < -0.3 is 15.5 Å². The molecule has 0 aliphatic rings. The van der Waals surface area contributed by atoms with Crippen LogP contribution in [0.5, 0.6) is 5.75 Å². The molecule has 2 N–H and O–H groups in total. The van der Waals surface area contributed by atoms with Crippen molar-refractivity contribution in [3.8, 4) is 17.0 Å². The van der Waals surface area contributed by atoms with Crippen molar-refractivity contribution in [2.75, 3.05) is 7.05 Å². The first kappa shape index (κ1) is 18.1. The number of ether oxygens (including phenoxy) is 1. The van der Waals surface area contributed by atoms with Gasteiger partial charge in [-0.05, 0) is 30.3 Å². The molecule has 1 aromatic heterocycles. The van der Waals surface area contributed by atoms with Gasteiger partial charge in [-0.1, -0.05) is 0 Å². The Labute approximate surface area is 140 Å². The number of allylic oxidation sites excluding steroid dienone is 1. The zero-order chi connectivity index (χ0) is 18.4. The number of nitrogens with one attached hydrogen (secondary N) is 2. The van der Waals surface area contributed by atoms with E-state index in [0.717, 1.165) is 18.3 Å². The van der Waals surface area contributed by atoms with E-state index in [2.05, 4.69) is 20.0 Å². The molecule has 25 heavy (non-hydrogen) atoms. The summed E-state index contributed by atoms with van der Waals surface area (Å²) in [5.41, 5.74) is 1.22. The Kier molecular flexibility index (Phi) is 5.48. The third-order valence-electron chi connectivity index (χ3n) is 2.96. The minimum absolute atomic E-state index is 0.0828. The number of rotatable bonds is 6. The van der Waals surface area contributed by atoms with Gasteiger partial charge in [0, 0.05) is 25.0 Å². The van der Waals surface area contributed by atoms with Crippen molar-refractivity contribution in [3.63, 3.8) is 0 Å². The van der Waals surface area contributed by atoms with Crippen molar-refractivity contribution in [1.82, 2.24) is 15.3 Å². The van der Waals surface area contributed by atoms with Crippen LogP contribution in [0.2, 0.25) is 0 Å². The van der Waals surface area contributed by atoms with E-state index in [1.54, 1.807) is 7.05 Å². The summed E-state index contributed by atoms with van der Waals surface area (Å²) in [5.74, 6) is -0.226. The van der Waals surface area contributed by atoms with Gasteiger partial charge in [0.15, 0.2) is 12.1 Å². The van der Waals surface area contributed by atoms with Crippen LogP contribution in [0.3, 0.4) is 0 Å². The van der Waals surface area contributed by atoms with Gasteiger partial charge in [-0.15, -0.1) is 13.2 Å². The van der Waals surface area contributed by atoms with E-state index in [1.807, 2.05) is 0 Å². The van der Waals surface area contributed by atoms with Gasteiger partial charge in [0.1, 0.15) is 11.4 Å². The Balaban J connectivity index is 2.43. The molecule has 130 valence electrons. The molecule has 6 nitrogen and oxygen atoms in total. The molecule has 0 spiro atoms. The Hall–Kier alpha value is -3.23. The molecule has 2 aromatic rings. The first-order valence-electron chi connectivity index (χ1n) is 6.95. The number of benzene rings is 1. The highest BCUT2D eigenvalue weighted by Gasteiger charge is 2.31. The van der Waals surface area contributed by atoms with Crippen LogP contribution < -0.4 is 10.1 Å². The quantitative estimate of drug-likeness (QED) is 0.617. The first-order valence-corrected chi connectivity index (χ1v) is 6.95. The second-order valence-corrected chi connectivity index (χ2v) is 4.72. The molecule has 0 atom stereocenters. The van der Waals surface area contributed by atoms with E-state index >= 15 is 0 Å². The van der Waals surface area contributed by atoms with Crippen LogP contribution in [0.1, 0.15) is 16.3 Å². The fraction of sp³-hybridized carbons (Fsp3) is 0.125. The summed E-state index contributed by atoms with van der Waals surface area (Å²) in [6, 6.07) is 6.45. The number of halogens is 3. The van der Waals surface area contributed by atoms with Gasteiger partial charge in [0.2, 0.25) is 0 Å². The molecule has 2 rings (SSSR count). The first-order chi connectivity index (χ1) is 11.9. The Morgan fingerprint density at radius 1 is 1.24 bits per heavy atom. The minimum atomic E-state index is -4.77. The van der Waals surface area contributed by atoms with Crippen LogP contribution >= 0.6 is 0 Å². The number of alkyl halides is 3. The molecule has 0 saturated carbocycles. The molecule has 9 heteroatoms. The molecule has 0 radical (unpaired) electrons. The van der Waals surface area contributed by atoms with Gasteiger partial charge in [0.25, 0.3) is 0 Å². The molecule has 1 heterocycles. The van der Waals surface area contributed by atoms with E-state index in [9.17, 15) is 18.0 Å². The molecule has 0 bridgehead atoms. The second-order valence-electron chi connectivity index (χ2n) is 4.72.